The first-order valence-corrected chi connectivity index (χ1v) is 10.5. The molecule has 0 atom stereocenters. The molecule has 8 nitrogen and oxygen atoms in total. The monoisotopic (exact) mass is 438 g/mol. The van der Waals surface area contributed by atoms with Crippen molar-refractivity contribution in [2.75, 3.05) is 0 Å². The number of carbonyl (C=O) groups is 1. The third kappa shape index (κ3) is 4.37. The van der Waals surface area contributed by atoms with Crippen molar-refractivity contribution >= 4 is 16.9 Å². The third-order valence-corrected chi connectivity index (χ3v) is 5.52. The van der Waals surface area contributed by atoms with Gasteiger partial charge in [0.25, 0.3) is 5.91 Å². The predicted octanol–water partition coefficient (Wildman–Crippen LogP) is 3.59. The second-order valence-electron chi connectivity index (χ2n) is 7.87. The van der Waals surface area contributed by atoms with Crippen LogP contribution in [0.25, 0.3) is 22.3 Å². The van der Waals surface area contributed by atoms with E-state index in [-0.39, 0.29) is 0 Å². The summed E-state index contributed by atoms with van der Waals surface area (Å²) in [6.07, 6.45) is 0.742. The third-order valence-electron chi connectivity index (χ3n) is 5.52. The minimum absolute atomic E-state index is 0.393. The Morgan fingerprint density at radius 1 is 0.879 bits per heavy atom. The fourth-order valence-corrected chi connectivity index (χ4v) is 3.86. The standard InChI is InChI=1S/C25H22N6O2/c1-30-26-22-12-11-20(14-24(22)27-30)23-15-21(13-17-5-3-2-4-6-17)31(28-23)16-18-7-9-19(10-8-18)25(32)29-33/h2-12,14-15,33H,13,16H2,1H3,(H,29,32). The molecule has 0 aliphatic heterocycles. The van der Waals surface area contributed by atoms with Crippen molar-refractivity contribution in [1.82, 2.24) is 30.3 Å². The zero-order valence-electron chi connectivity index (χ0n) is 18.0. The molecule has 0 spiro atoms. The Morgan fingerprint density at radius 3 is 2.39 bits per heavy atom. The summed E-state index contributed by atoms with van der Waals surface area (Å²) in [4.78, 5) is 13.2. The van der Waals surface area contributed by atoms with Gasteiger partial charge in [-0.25, -0.2) is 5.48 Å². The van der Waals surface area contributed by atoms with Gasteiger partial charge in [0.1, 0.15) is 11.0 Å². The number of hydrogen-bond donors (Lipinski definition) is 2. The summed E-state index contributed by atoms with van der Waals surface area (Å²) in [5.41, 5.74) is 8.83. The highest BCUT2D eigenvalue weighted by Crippen LogP contribution is 2.24. The van der Waals surface area contributed by atoms with Crippen molar-refractivity contribution in [1.29, 1.82) is 0 Å². The van der Waals surface area contributed by atoms with Gasteiger partial charge in [-0.3, -0.25) is 14.7 Å². The first kappa shape index (κ1) is 20.6. The summed E-state index contributed by atoms with van der Waals surface area (Å²) in [5, 5.41) is 22.5. The van der Waals surface area contributed by atoms with Crippen molar-refractivity contribution in [2.24, 2.45) is 7.05 Å². The quantitative estimate of drug-likeness (QED) is 0.312. The van der Waals surface area contributed by atoms with Gasteiger partial charge in [0.05, 0.1) is 12.2 Å². The molecule has 33 heavy (non-hydrogen) atoms. The molecule has 0 fully saturated rings. The molecule has 8 heteroatoms. The minimum Gasteiger partial charge on any atom is -0.288 e. The van der Waals surface area contributed by atoms with Crippen molar-refractivity contribution in [3.05, 3.63) is 101 Å². The lowest BCUT2D eigenvalue weighted by molar-refractivity contribution is 0.0706. The van der Waals surface area contributed by atoms with Gasteiger partial charge in [0.2, 0.25) is 0 Å². The molecule has 5 rings (SSSR count). The Morgan fingerprint density at radius 2 is 1.64 bits per heavy atom. The van der Waals surface area contributed by atoms with Gasteiger partial charge in [0, 0.05) is 30.3 Å². The number of hydrogen-bond acceptors (Lipinski definition) is 5. The molecule has 1 amide bonds. The lowest BCUT2D eigenvalue weighted by atomic mass is 10.1. The van der Waals surface area contributed by atoms with Crippen LogP contribution in [0, 0.1) is 0 Å². The second kappa shape index (κ2) is 8.68. The Balaban J connectivity index is 1.50. The summed E-state index contributed by atoms with van der Waals surface area (Å²) in [6, 6.07) is 25.5. The van der Waals surface area contributed by atoms with Gasteiger partial charge in [-0.1, -0.05) is 48.5 Å². The highest BCUT2D eigenvalue weighted by atomic mass is 16.5. The van der Waals surface area contributed by atoms with Crippen LogP contribution in [0.3, 0.4) is 0 Å². The molecular formula is C25H22N6O2. The summed E-state index contributed by atoms with van der Waals surface area (Å²) in [5.74, 6) is -0.535. The van der Waals surface area contributed by atoms with Crippen LogP contribution in [0.15, 0.2) is 78.9 Å². The molecule has 0 bridgehead atoms. The van der Waals surface area contributed by atoms with Crippen LogP contribution < -0.4 is 5.48 Å². The Hall–Kier alpha value is -4.30. The molecule has 0 aliphatic carbocycles. The van der Waals surface area contributed by atoms with Gasteiger partial charge < -0.3 is 0 Å². The van der Waals surface area contributed by atoms with Gasteiger partial charge >= 0.3 is 0 Å². The summed E-state index contributed by atoms with van der Waals surface area (Å²) in [7, 11) is 1.81. The number of hydroxylamine groups is 1. The van der Waals surface area contributed by atoms with Crippen molar-refractivity contribution in [3.63, 3.8) is 0 Å². The van der Waals surface area contributed by atoms with E-state index >= 15 is 0 Å². The number of fused-ring (bicyclic) bond motifs is 1. The number of nitrogens with zero attached hydrogens (tertiary/aromatic N) is 5. The van der Waals surface area contributed by atoms with E-state index in [1.165, 1.54) is 5.56 Å². The molecule has 2 N–H and O–H groups in total. The average Bonchev–Trinajstić information content (AvgIpc) is 3.41. The van der Waals surface area contributed by atoms with E-state index in [0.717, 1.165) is 40.0 Å². The largest absolute Gasteiger partial charge is 0.288 e. The van der Waals surface area contributed by atoms with Gasteiger partial charge in [0.15, 0.2) is 0 Å². The fourth-order valence-electron chi connectivity index (χ4n) is 3.86. The van der Waals surface area contributed by atoms with Crippen molar-refractivity contribution in [3.8, 4) is 11.3 Å². The zero-order valence-corrected chi connectivity index (χ0v) is 18.0. The lowest BCUT2D eigenvalue weighted by Gasteiger charge is -2.08. The normalized spacial score (nSPS) is 11.1. The number of nitrogens with one attached hydrogen (secondary N) is 1. The van der Waals surface area contributed by atoms with E-state index in [2.05, 4.69) is 28.4 Å². The van der Waals surface area contributed by atoms with E-state index in [1.54, 1.807) is 22.4 Å². The molecule has 0 saturated carbocycles. The van der Waals surface area contributed by atoms with Crippen molar-refractivity contribution < 1.29 is 10.0 Å². The summed E-state index contributed by atoms with van der Waals surface area (Å²) in [6.45, 7) is 0.552. The van der Waals surface area contributed by atoms with E-state index in [9.17, 15) is 4.79 Å². The van der Waals surface area contributed by atoms with E-state index < -0.39 is 5.91 Å². The van der Waals surface area contributed by atoms with E-state index in [1.807, 2.05) is 60.3 Å². The van der Waals surface area contributed by atoms with Crippen LogP contribution in [0.2, 0.25) is 0 Å². The van der Waals surface area contributed by atoms with Gasteiger partial charge in [-0.2, -0.15) is 20.1 Å². The maximum Gasteiger partial charge on any atom is 0.274 e. The molecule has 2 aromatic heterocycles. The van der Waals surface area contributed by atoms with Gasteiger partial charge in [-0.15, -0.1) is 0 Å². The number of amides is 1. The smallest absolute Gasteiger partial charge is 0.274 e. The molecular weight excluding hydrogens is 416 g/mol. The molecule has 0 saturated heterocycles. The summed E-state index contributed by atoms with van der Waals surface area (Å²) >= 11 is 0. The highest BCUT2D eigenvalue weighted by molar-refractivity contribution is 5.93. The molecule has 164 valence electrons. The van der Waals surface area contributed by atoms with E-state index in [4.69, 9.17) is 10.3 Å². The second-order valence-corrected chi connectivity index (χ2v) is 7.87. The van der Waals surface area contributed by atoms with Crippen LogP contribution in [0.4, 0.5) is 0 Å². The first-order valence-electron chi connectivity index (χ1n) is 10.5. The fraction of sp³-hybridized carbons (Fsp3) is 0.120. The van der Waals surface area contributed by atoms with Crippen LogP contribution in [-0.2, 0) is 20.0 Å². The maximum absolute atomic E-state index is 11.6. The van der Waals surface area contributed by atoms with Crippen molar-refractivity contribution in [2.45, 2.75) is 13.0 Å². The average molecular weight is 438 g/mol. The highest BCUT2D eigenvalue weighted by Gasteiger charge is 2.13. The van der Waals surface area contributed by atoms with Gasteiger partial charge in [-0.05, 0) is 41.5 Å². The minimum atomic E-state index is -0.535. The molecule has 0 radical (unpaired) electrons. The van der Waals surface area contributed by atoms with Crippen LogP contribution >= 0.6 is 0 Å². The van der Waals surface area contributed by atoms with Crippen LogP contribution in [0.1, 0.15) is 27.2 Å². The van der Waals surface area contributed by atoms with E-state index in [0.29, 0.717) is 12.1 Å². The van der Waals surface area contributed by atoms with Crippen LogP contribution in [0.5, 0.6) is 0 Å². The Kier molecular flexibility index (Phi) is 5.42. The van der Waals surface area contributed by atoms with Crippen LogP contribution in [-0.4, -0.2) is 35.9 Å². The first-order chi connectivity index (χ1) is 16.1. The maximum atomic E-state index is 11.6. The molecule has 3 aromatic carbocycles. The predicted molar refractivity (Wildman–Crippen MR) is 124 cm³/mol. The zero-order chi connectivity index (χ0) is 22.8. The molecule has 5 aromatic rings. The topological polar surface area (TPSA) is 97.9 Å². The molecule has 0 unspecified atom stereocenters. The number of rotatable bonds is 6. The Bertz CT molecular complexity index is 1420. The molecule has 2 heterocycles. The number of aryl methyl sites for hydroxylation is 1. The number of carbonyl (C=O) groups excluding carboxylic acids is 1. The molecule has 0 aliphatic rings. The lowest BCUT2D eigenvalue weighted by Crippen LogP contribution is -2.18. The number of benzene rings is 3. The Labute approximate surface area is 190 Å². The SMILES string of the molecule is Cn1nc2ccc(-c3cc(Cc4ccccc4)n(Cc4ccc(C(=O)NO)cc4)n3)cc2n1. The number of aromatic nitrogens is 5. The summed E-state index contributed by atoms with van der Waals surface area (Å²) < 4.78 is 1.99.